The van der Waals surface area contributed by atoms with E-state index >= 15 is 0 Å². The molecule has 13 heavy (non-hydrogen) atoms. The number of unbranched alkanes of at least 4 members (excludes halogenated alkanes) is 1. The molecule has 0 rings (SSSR count). The molecule has 0 radical (unpaired) electrons. The van der Waals surface area contributed by atoms with Crippen molar-refractivity contribution in [3.05, 3.63) is 0 Å². The summed E-state index contributed by atoms with van der Waals surface area (Å²) >= 11 is 0. The Labute approximate surface area is 82.6 Å². The van der Waals surface area contributed by atoms with Crippen LogP contribution in [0.15, 0.2) is 0 Å². The number of hydrogen-bond acceptors (Lipinski definition) is 2. The van der Waals surface area contributed by atoms with Gasteiger partial charge in [0.15, 0.2) is 0 Å². The molecule has 0 N–H and O–H groups in total. The van der Waals surface area contributed by atoms with Gasteiger partial charge in [0.25, 0.3) is 0 Å². The van der Waals surface area contributed by atoms with Gasteiger partial charge in [-0.3, -0.25) is 0 Å². The summed E-state index contributed by atoms with van der Waals surface area (Å²) in [7, 11) is -2.78. The molecule has 2 nitrogen and oxygen atoms in total. The fourth-order valence-corrected chi connectivity index (χ4v) is 2.78. The molecule has 0 atom stereocenters. The second-order valence-electron chi connectivity index (χ2n) is 4.82. The van der Waals surface area contributed by atoms with E-state index in [-0.39, 0.29) is 5.41 Å². The van der Waals surface area contributed by atoms with Crippen LogP contribution in [0.3, 0.4) is 0 Å². The van der Waals surface area contributed by atoms with Crippen LogP contribution in [0.1, 0.15) is 47.0 Å². The third kappa shape index (κ3) is 8.28. The summed E-state index contributed by atoms with van der Waals surface area (Å²) < 4.78 is 22.9. The largest absolute Gasteiger partial charge is 0.229 e. The van der Waals surface area contributed by atoms with Gasteiger partial charge in [-0.1, -0.05) is 34.1 Å². The van der Waals surface area contributed by atoms with E-state index < -0.39 is 9.84 Å². The van der Waals surface area contributed by atoms with Crippen LogP contribution in [0.5, 0.6) is 0 Å². The molecule has 3 heteroatoms. The molecule has 0 spiro atoms. The lowest BCUT2D eigenvalue weighted by Crippen LogP contribution is -2.17. The monoisotopic (exact) mass is 206 g/mol. The van der Waals surface area contributed by atoms with E-state index in [2.05, 4.69) is 20.8 Å². The maximum atomic E-state index is 11.4. The Kier molecular flexibility index (Phi) is 4.97. The molecule has 0 aliphatic heterocycles. The zero-order chi connectivity index (χ0) is 10.5. The molecular formula is C10H22O2S. The van der Waals surface area contributed by atoms with Crippen molar-refractivity contribution in [1.29, 1.82) is 0 Å². The molecule has 0 saturated carbocycles. The van der Waals surface area contributed by atoms with Crippen LogP contribution in [0.25, 0.3) is 0 Å². The van der Waals surface area contributed by atoms with Crippen molar-refractivity contribution in [2.75, 3.05) is 11.5 Å². The van der Waals surface area contributed by atoms with Crippen molar-refractivity contribution in [2.24, 2.45) is 5.41 Å². The lowest BCUT2D eigenvalue weighted by Gasteiger charge is -2.17. The maximum Gasteiger partial charge on any atom is 0.150 e. The molecule has 0 aliphatic rings. The molecule has 80 valence electrons. The Morgan fingerprint density at radius 2 is 1.62 bits per heavy atom. The Morgan fingerprint density at radius 1 is 1.08 bits per heavy atom. The standard InChI is InChI=1S/C10H22O2S/c1-5-6-8-13(11,12)9-7-10(2,3)4/h5-9H2,1-4H3. The van der Waals surface area contributed by atoms with E-state index in [9.17, 15) is 8.42 Å². The zero-order valence-corrected chi connectivity index (χ0v) is 10.1. The van der Waals surface area contributed by atoms with Crippen molar-refractivity contribution in [1.82, 2.24) is 0 Å². The molecule has 0 saturated heterocycles. The Balaban J connectivity index is 3.91. The molecule has 0 aliphatic carbocycles. The predicted octanol–water partition coefficient (Wildman–Crippen LogP) is 2.64. The number of sulfone groups is 1. The van der Waals surface area contributed by atoms with Crippen LogP contribution in [0.4, 0.5) is 0 Å². The first-order valence-electron chi connectivity index (χ1n) is 4.97. The lowest BCUT2D eigenvalue weighted by atomic mass is 9.94. The third-order valence-corrected chi connectivity index (χ3v) is 3.71. The average Bonchev–Trinajstić information content (AvgIpc) is 1.97. The smallest absolute Gasteiger partial charge is 0.150 e. The fourth-order valence-electron chi connectivity index (χ4n) is 0.928. The second-order valence-corrected chi connectivity index (χ2v) is 7.12. The summed E-state index contributed by atoms with van der Waals surface area (Å²) in [6.07, 6.45) is 2.51. The Hall–Kier alpha value is -0.0500. The maximum absolute atomic E-state index is 11.4. The van der Waals surface area contributed by atoms with Crippen LogP contribution in [0.2, 0.25) is 0 Å². The van der Waals surface area contributed by atoms with Gasteiger partial charge in [-0.25, -0.2) is 8.42 Å². The highest BCUT2D eigenvalue weighted by Crippen LogP contribution is 2.19. The first kappa shape index (κ1) is 12.9. The molecule has 0 bridgehead atoms. The third-order valence-electron chi connectivity index (χ3n) is 1.97. The number of rotatable bonds is 5. The molecule has 0 heterocycles. The summed E-state index contributed by atoms with van der Waals surface area (Å²) in [5.74, 6) is 0.704. The molecule has 0 unspecified atom stereocenters. The van der Waals surface area contributed by atoms with Crippen molar-refractivity contribution in [3.63, 3.8) is 0 Å². The van der Waals surface area contributed by atoms with E-state index in [4.69, 9.17) is 0 Å². The van der Waals surface area contributed by atoms with Crippen LogP contribution < -0.4 is 0 Å². The van der Waals surface area contributed by atoms with E-state index in [1.54, 1.807) is 0 Å². The van der Waals surface area contributed by atoms with Gasteiger partial charge in [0.05, 0.1) is 11.5 Å². The van der Waals surface area contributed by atoms with Crippen molar-refractivity contribution < 1.29 is 8.42 Å². The highest BCUT2D eigenvalue weighted by molar-refractivity contribution is 7.91. The van der Waals surface area contributed by atoms with Gasteiger partial charge >= 0.3 is 0 Å². The predicted molar refractivity (Wildman–Crippen MR) is 57.6 cm³/mol. The van der Waals surface area contributed by atoms with Gasteiger partial charge in [-0.15, -0.1) is 0 Å². The van der Waals surface area contributed by atoms with E-state index in [1.807, 2.05) is 6.92 Å². The fraction of sp³-hybridized carbons (Fsp3) is 1.00. The summed E-state index contributed by atoms with van der Waals surface area (Å²) in [6, 6.07) is 0. The van der Waals surface area contributed by atoms with Crippen LogP contribution in [-0.4, -0.2) is 19.9 Å². The van der Waals surface area contributed by atoms with E-state index in [0.29, 0.717) is 11.5 Å². The highest BCUT2D eigenvalue weighted by atomic mass is 32.2. The van der Waals surface area contributed by atoms with Gasteiger partial charge in [0.2, 0.25) is 0 Å². The van der Waals surface area contributed by atoms with Crippen LogP contribution in [-0.2, 0) is 9.84 Å². The van der Waals surface area contributed by atoms with Gasteiger partial charge in [-0.05, 0) is 18.3 Å². The van der Waals surface area contributed by atoms with Crippen LogP contribution >= 0.6 is 0 Å². The molecule has 0 aromatic heterocycles. The SMILES string of the molecule is CCCCS(=O)(=O)CCC(C)(C)C. The first-order chi connectivity index (χ1) is 5.77. The molecule has 0 fully saturated rings. The van der Waals surface area contributed by atoms with Gasteiger partial charge in [-0.2, -0.15) is 0 Å². The minimum absolute atomic E-state index is 0.124. The minimum Gasteiger partial charge on any atom is -0.229 e. The van der Waals surface area contributed by atoms with Gasteiger partial charge in [0.1, 0.15) is 9.84 Å². The minimum atomic E-state index is -2.78. The van der Waals surface area contributed by atoms with Crippen LogP contribution in [0, 0.1) is 5.41 Å². The molecule has 0 aromatic carbocycles. The lowest BCUT2D eigenvalue weighted by molar-refractivity contribution is 0.397. The van der Waals surface area contributed by atoms with Gasteiger partial charge < -0.3 is 0 Å². The quantitative estimate of drug-likeness (QED) is 0.693. The highest BCUT2D eigenvalue weighted by Gasteiger charge is 2.16. The second kappa shape index (κ2) is 4.99. The van der Waals surface area contributed by atoms with E-state index in [0.717, 1.165) is 19.3 Å². The molecular weight excluding hydrogens is 184 g/mol. The van der Waals surface area contributed by atoms with E-state index in [1.165, 1.54) is 0 Å². The molecule has 0 amide bonds. The Bertz CT molecular complexity index is 222. The molecule has 0 aromatic rings. The topological polar surface area (TPSA) is 34.1 Å². The summed E-state index contributed by atoms with van der Waals surface area (Å²) in [5, 5.41) is 0. The summed E-state index contributed by atoms with van der Waals surface area (Å²) in [5.41, 5.74) is 0.124. The van der Waals surface area contributed by atoms with Crippen molar-refractivity contribution in [3.8, 4) is 0 Å². The summed E-state index contributed by atoms with van der Waals surface area (Å²) in [6.45, 7) is 8.23. The average molecular weight is 206 g/mol. The van der Waals surface area contributed by atoms with Crippen molar-refractivity contribution >= 4 is 9.84 Å². The normalized spacial score (nSPS) is 13.2. The summed E-state index contributed by atoms with van der Waals surface area (Å²) in [4.78, 5) is 0. The Morgan fingerprint density at radius 3 is 2.00 bits per heavy atom. The van der Waals surface area contributed by atoms with Crippen molar-refractivity contribution in [2.45, 2.75) is 47.0 Å². The zero-order valence-electron chi connectivity index (χ0n) is 9.26. The van der Waals surface area contributed by atoms with Gasteiger partial charge in [0, 0.05) is 0 Å². The first-order valence-corrected chi connectivity index (χ1v) is 6.79. The number of hydrogen-bond donors (Lipinski definition) is 0.